The van der Waals surface area contributed by atoms with Crippen LogP contribution >= 0.6 is 0 Å². The first-order valence-corrected chi connectivity index (χ1v) is 11.3. The van der Waals surface area contributed by atoms with E-state index in [4.69, 9.17) is 4.74 Å². The van der Waals surface area contributed by atoms with Crippen molar-refractivity contribution in [3.8, 4) is 0 Å². The molecule has 2 saturated heterocycles. The molecule has 8 nitrogen and oxygen atoms in total. The lowest BCUT2D eigenvalue weighted by molar-refractivity contribution is -0.142. The molecule has 2 aliphatic rings. The van der Waals surface area contributed by atoms with Crippen LogP contribution in [-0.2, 0) is 20.9 Å². The zero-order chi connectivity index (χ0) is 22.2. The molecule has 1 aromatic carbocycles. The summed E-state index contributed by atoms with van der Waals surface area (Å²) in [6, 6.07) is 7.86. The highest BCUT2D eigenvalue weighted by molar-refractivity contribution is 5.92. The van der Waals surface area contributed by atoms with Crippen LogP contribution in [0.1, 0.15) is 38.7 Å². The van der Waals surface area contributed by atoms with Gasteiger partial charge < -0.3 is 25.2 Å². The number of benzene rings is 1. The Labute approximate surface area is 185 Å². The van der Waals surface area contributed by atoms with Crippen LogP contribution < -0.4 is 10.6 Å². The average molecular weight is 430 g/mol. The summed E-state index contributed by atoms with van der Waals surface area (Å²) >= 11 is 0. The number of nitrogens with one attached hydrogen (secondary N) is 2. The standard InChI is InChI=1S/C23H35N5O3/c1-4-17(2)21(29)26-19-8-5-7-18(15-19)16-25-23(24-3)28-12-10-27(11-13-28)22(30)20-9-6-14-31-20/h5,7-8,15,17,20H,4,6,9-14,16H2,1-3H3,(H,24,25)(H,26,29). The molecule has 0 saturated carbocycles. The molecule has 0 aromatic heterocycles. The minimum atomic E-state index is -0.253. The molecule has 2 atom stereocenters. The van der Waals surface area contributed by atoms with E-state index in [1.54, 1.807) is 7.05 Å². The quantitative estimate of drug-likeness (QED) is 0.534. The minimum Gasteiger partial charge on any atom is -0.368 e. The molecule has 1 aromatic rings. The normalized spacial score (nSPS) is 20.5. The summed E-state index contributed by atoms with van der Waals surface area (Å²) in [5.41, 5.74) is 1.87. The fraction of sp³-hybridized carbons (Fsp3) is 0.609. The molecule has 31 heavy (non-hydrogen) atoms. The molecule has 2 N–H and O–H groups in total. The molecule has 2 heterocycles. The van der Waals surface area contributed by atoms with E-state index in [0.717, 1.165) is 49.6 Å². The van der Waals surface area contributed by atoms with Gasteiger partial charge in [0.05, 0.1) is 0 Å². The summed E-state index contributed by atoms with van der Waals surface area (Å²) in [7, 11) is 1.77. The second kappa shape index (κ2) is 11.1. The van der Waals surface area contributed by atoms with Gasteiger partial charge in [-0.1, -0.05) is 26.0 Å². The van der Waals surface area contributed by atoms with E-state index in [0.29, 0.717) is 26.2 Å². The third-order valence-corrected chi connectivity index (χ3v) is 6.01. The minimum absolute atomic E-state index is 0.00797. The van der Waals surface area contributed by atoms with Gasteiger partial charge in [0.15, 0.2) is 5.96 Å². The second-order valence-electron chi connectivity index (χ2n) is 8.21. The first-order valence-electron chi connectivity index (χ1n) is 11.3. The van der Waals surface area contributed by atoms with E-state index < -0.39 is 0 Å². The van der Waals surface area contributed by atoms with Crippen LogP contribution in [0.4, 0.5) is 5.69 Å². The van der Waals surface area contributed by atoms with Crippen LogP contribution in [0.15, 0.2) is 29.3 Å². The van der Waals surface area contributed by atoms with E-state index in [9.17, 15) is 9.59 Å². The maximum Gasteiger partial charge on any atom is 0.251 e. The molecule has 0 spiro atoms. The molecule has 0 bridgehead atoms. The third kappa shape index (κ3) is 6.19. The summed E-state index contributed by atoms with van der Waals surface area (Å²) in [5, 5.41) is 6.39. The van der Waals surface area contributed by atoms with Crippen LogP contribution in [-0.4, -0.2) is 73.5 Å². The highest BCUT2D eigenvalue weighted by Crippen LogP contribution is 2.16. The molecule has 8 heteroatoms. The maximum atomic E-state index is 12.5. The third-order valence-electron chi connectivity index (χ3n) is 6.01. The van der Waals surface area contributed by atoms with Crippen LogP contribution in [0.5, 0.6) is 0 Å². The number of aliphatic imine (C=N–C) groups is 1. The number of rotatable bonds is 6. The monoisotopic (exact) mass is 429 g/mol. The average Bonchev–Trinajstić information content (AvgIpc) is 3.34. The molecule has 170 valence electrons. The Balaban J connectivity index is 1.49. The van der Waals surface area contributed by atoms with Gasteiger partial charge in [-0.25, -0.2) is 0 Å². The number of nitrogens with zero attached hydrogens (tertiary/aromatic N) is 3. The Morgan fingerprint density at radius 2 is 1.97 bits per heavy atom. The van der Waals surface area contributed by atoms with Crippen LogP contribution in [0.2, 0.25) is 0 Å². The lowest BCUT2D eigenvalue weighted by atomic mass is 10.1. The molecule has 0 aliphatic carbocycles. The summed E-state index contributed by atoms with van der Waals surface area (Å²) in [6.45, 7) is 8.07. The Bertz CT molecular complexity index is 783. The highest BCUT2D eigenvalue weighted by Gasteiger charge is 2.30. The number of piperazine rings is 1. The van der Waals surface area contributed by atoms with Crippen LogP contribution in [0.3, 0.4) is 0 Å². The summed E-state index contributed by atoms with van der Waals surface area (Å²) in [5.74, 6) is 0.972. The molecular weight excluding hydrogens is 394 g/mol. The van der Waals surface area contributed by atoms with Crippen molar-refractivity contribution in [2.45, 2.75) is 45.8 Å². The predicted molar refractivity (Wildman–Crippen MR) is 122 cm³/mol. The van der Waals surface area contributed by atoms with Crippen molar-refractivity contribution >= 4 is 23.5 Å². The van der Waals surface area contributed by atoms with E-state index in [2.05, 4.69) is 20.5 Å². The van der Waals surface area contributed by atoms with Gasteiger partial charge in [0.25, 0.3) is 5.91 Å². The Morgan fingerprint density at radius 1 is 1.23 bits per heavy atom. The predicted octanol–water partition coefficient (Wildman–Crippen LogP) is 2.07. The first-order chi connectivity index (χ1) is 15.0. The molecule has 2 amide bonds. The van der Waals surface area contributed by atoms with Gasteiger partial charge in [-0.15, -0.1) is 0 Å². The van der Waals surface area contributed by atoms with E-state index in [1.807, 2.05) is 43.0 Å². The van der Waals surface area contributed by atoms with Crippen molar-refractivity contribution in [2.75, 3.05) is 45.2 Å². The van der Waals surface area contributed by atoms with Crippen molar-refractivity contribution < 1.29 is 14.3 Å². The van der Waals surface area contributed by atoms with Crippen molar-refractivity contribution in [2.24, 2.45) is 10.9 Å². The fourth-order valence-electron chi connectivity index (χ4n) is 3.84. The zero-order valence-electron chi connectivity index (χ0n) is 18.9. The molecular formula is C23H35N5O3. The first kappa shape index (κ1) is 23.1. The molecule has 3 rings (SSSR count). The van der Waals surface area contributed by atoms with Gasteiger partial charge in [-0.3, -0.25) is 14.6 Å². The van der Waals surface area contributed by atoms with Gasteiger partial charge in [0, 0.05) is 58.0 Å². The Morgan fingerprint density at radius 3 is 2.61 bits per heavy atom. The lowest BCUT2D eigenvalue weighted by Crippen LogP contribution is -2.55. The van der Waals surface area contributed by atoms with Gasteiger partial charge in [-0.05, 0) is 37.0 Å². The maximum absolute atomic E-state index is 12.5. The fourth-order valence-corrected chi connectivity index (χ4v) is 3.84. The van der Waals surface area contributed by atoms with E-state index >= 15 is 0 Å². The van der Waals surface area contributed by atoms with E-state index in [-0.39, 0.29) is 23.8 Å². The summed E-state index contributed by atoms with van der Waals surface area (Å²) < 4.78 is 5.54. The van der Waals surface area contributed by atoms with Crippen molar-refractivity contribution in [1.29, 1.82) is 0 Å². The smallest absolute Gasteiger partial charge is 0.251 e. The number of ether oxygens (including phenoxy) is 1. The largest absolute Gasteiger partial charge is 0.368 e. The number of hydrogen-bond acceptors (Lipinski definition) is 4. The lowest BCUT2D eigenvalue weighted by Gasteiger charge is -2.37. The van der Waals surface area contributed by atoms with Crippen molar-refractivity contribution in [1.82, 2.24) is 15.1 Å². The SMILES string of the molecule is CCC(C)C(=O)Nc1cccc(CNC(=NC)N2CCN(C(=O)C3CCCO3)CC2)c1. The molecule has 0 radical (unpaired) electrons. The van der Waals surface area contributed by atoms with Crippen molar-refractivity contribution in [3.63, 3.8) is 0 Å². The number of guanidine groups is 1. The van der Waals surface area contributed by atoms with Gasteiger partial charge in [0.1, 0.15) is 6.10 Å². The number of anilines is 1. The van der Waals surface area contributed by atoms with Gasteiger partial charge in [0.2, 0.25) is 5.91 Å². The van der Waals surface area contributed by atoms with Gasteiger partial charge >= 0.3 is 0 Å². The molecule has 2 unspecified atom stereocenters. The number of hydrogen-bond donors (Lipinski definition) is 2. The van der Waals surface area contributed by atoms with Gasteiger partial charge in [-0.2, -0.15) is 0 Å². The Hall–Kier alpha value is -2.61. The van der Waals surface area contributed by atoms with E-state index in [1.165, 1.54) is 0 Å². The number of amides is 2. The van der Waals surface area contributed by atoms with Crippen LogP contribution in [0, 0.1) is 5.92 Å². The molecule has 2 fully saturated rings. The number of carbonyl (C=O) groups excluding carboxylic acids is 2. The van der Waals surface area contributed by atoms with Crippen LogP contribution in [0.25, 0.3) is 0 Å². The Kier molecular flexibility index (Phi) is 8.28. The number of carbonyl (C=O) groups is 2. The van der Waals surface area contributed by atoms with Crippen molar-refractivity contribution in [3.05, 3.63) is 29.8 Å². The second-order valence-corrected chi connectivity index (χ2v) is 8.21. The summed E-state index contributed by atoms with van der Waals surface area (Å²) in [4.78, 5) is 33.2. The zero-order valence-corrected chi connectivity index (χ0v) is 18.9. The topological polar surface area (TPSA) is 86.3 Å². The summed E-state index contributed by atoms with van der Waals surface area (Å²) in [6.07, 6.45) is 2.36. The highest BCUT2D eigenvalue weighted by atomic mass is 16.5. The molecule has 2 aliphatic heterocycles.